The van der Waals surface area contributed by atoms with Crippen LogP contribution in [0.5, 0.6) is 11.5 Å². The summed E-state index contributed by atoms with van der Waals surface area (Å²) in [6.45, 7) is 0. The lowest BCUT2D eigenvalue weighted by Gasteiger charge is -2.06. The Kier molecular flexibility index (Phi) is 5.46. The highest BCUT2D eigenvalue weighted by Gasteiger charge is 2.28. The highest BCUT2D eigenvalue weighted by Crippen LogP contribution is 2.36. The summed E-state index contributed by atoms with van der Waals surface area (Å²) in [6.07, 6.45) is 1.48. The summed E-state index contributed by atoms with van der Waals surface area (Å²) < 4.78 is 10.9. The van der Waals surface area contributed by atoms with Gasteiger partial charge in [-0.15, -0.1) is 0 Å². The molecule has 0 saturated heterocycles. The number of fused-ring (bicyclic) bond motifs is 1. The first-order valence-corrected chi connectivity index (χ1v) is 9.58. The number of nitrogens with zero attached hydrogens (tertiary/aromatic N) is 1. The molecule has 0 fully saturated rings. The predicted molar refractivity (Wildman–Crippen MR) is 114 cm³/mol. The van der Waals surface area contributed by atoms with Gasteiger partial charge in [-0.25, -0.2) is 4.79 Å². The Morgan fingerprint density at radius 1 is 1.06 bits per heavy atom. The maximum absolute atomic E-state index is 12.6. The van der Waals surface area contributed by atoms with Crippen LogP contribution in [0.15, 0.2) is 66.4 Å². The van der Waals surface area contributed by atoms with Gasteiger partial charge in [0.15, 0.2) is 5.76 Å². The van der Waals surface area contributed by atoms with Crippen LogP contribution in [-0.4, -0.2) is 16.7 Å². The molecule has 0 N–H and O–H groups in total. The molecular formula is C22H11Cl2NO6. The van der Waals surface area contributed by atoms with Crippen molar-refractivity contribution >= 4 is 46.7 Å². The van der Waals surface area contributed by atoms with Gasteiger partial charge in [-0.1, -0.05) is 41.4 Å². The molecule has 1 heterocycles. The lowest BCUT2D eigenvalue weighted by atomic mass is 10.1. The summed E-state index contributed by atoms with van der Waals surface area (Å²) in [5.74, 6) is -0.776. The normalized spacial score (nSPS) is 13.6. The average molecular weight is 456 g/mol. The number of hydrogen-bond donors (Lipinski definition) is 0. The van der Waals surface area contributed by atoms with Crippen LogP contribution in [-0.2, 0) is 0 Å². The Balaban J connectivity index is 1.57. The van der Waals surface area contributed by atoms with Crippen LogP contribution in [0, 0.1) is 10.1 Å². The van der Waals surface area contributed by atoms with Gasteiger partial charge in [-0.3, -0.25) is 14.9 Å². The maximum Gasteiger partial charge on any atom is 0.343 e. The summed E-state index contributed by atoms with van der Waals surface area (Å²) in [7, 11) is 0. The van der Waals surface area contributed by atoms with Crippen LogP contribution >= 0.6 is 23.2 Å². The van der Waals surface area contributed by atoms with Gasteiger partial charge in [-0.2, -0.15) is 0 Å². The first-order chi connectivity index (χ1) is 14.8. The number of rotatable bonds is 4. The third-order valence-electron chi connectivity index (χ3n) is 4.41. The van der Waals surface area contributed by atoms with E-state index in [4.69, 9.17) is 32.7 Å². The van der Waals surface area contributed by atoms with Gasteiger partial charge in [0, 0.05) is 18.2 Å². The smallest absolute Gasteiger partial charge is 0.343 e. The van der Waals surface area contributed by atoms with Crippen molar-refractivity contribution in [2.45, 2.75) is 0 Å². The minimum absolute atomic E-state index is 0.0166. The van der Waals surface area contributed by atoms with Crippen molar-refractivity contribution in [1.29, 1.82) is 0 Å². The van der Waals surface area contributed by atoms with Crippen molar-refractivity contribution < 1.29 is 24.0 Å². The van der Waals surface area contributed by atoms with Crippen molar-refractivity contribution in [2.75, 3.05) is 0 Å². The Morgan fingerprint density at radius 2 is 1.84 bits per heavy atom. The number of nitro groups is 1. The molecule has 7 nitrogen and oxygen atoms in total. The van der Waals surface area contributed by atoms with E-state index in [-0.39, 0.29) is 39.3 Å². The van der Waals surface area contributed by atoms with Crippen LogP contribution < -0.4 is 9.47 Å². The van der Waals surface area contributed by atoms with Crippen LogP contribution in [0.25, 0.3) is 6.08 Å². The highest BCUT2D eigenvalue weighted by atomic mass is 35.5. The number of allylic oxidation sites excluding steroid dienone is 1. The molecule has 3 aromatic rings. The number of ketones is 1. The van der Waals surface area contributed by atoms with Gasteiger partial charge < -0.3 is 9.47 Å². The Hall–Kier alpha value is -3.68. The number of esters is 1. The van der Waals surface area contributed by atoms with Gasteiger partial charge in [-0.05, 0) is 35.9 Å². The quantitative estimate of drug-likeness (QED) is 0.163. The summed E-state index contributed by atoms with van der Waals surface area (Å²) in [4.78, 5) is 35.2. The fourth-order valence-corrected chi connectivity index (χ4v) is 3.28. The van der Waals surface area contributed by atoms with Gasteiger partial charge in [0.2, 0.25) is 5.78 Å². The van der Waals surface area contributed by atoms with Gasteiger partial charge >= 0.3 is 5.97 Å². The Labute approximate surface area is 185 Å². The van der Waals surface area contributed by atoms with E-state index in [2.05, 4.69) is 0 Å². The van der Waals surface area contributed by atoms with Crippen LogP contribution in [0.3, 0.4) is 0 Å². The van der Waals surface area contributed by atoms with Crippen LogP contribution in [0.4, 0.5) is 5.69 Å². The third-order valence-corrected chi connectivity index (χ3v) is 5.25. The molecule has 0 aromatic heterocycles. The molecule has 1 aliphatic heterocycles. The van der Waals surface area contributed by atoms with Crippen molar-refractivity contribution in [3.63, 3.8) is 0 Å². The van der Waals surface area contributed by atoms with Crippen LogP contribution in [0.2, 0.25) is 10.0 Å². The topological polar surface area (TPSA) is 95.7 Å². The summed E-state index contributed by atoms with van der Waals surface area (Å²) in [5.41, 5.74) is 0.594. The summed E-state index contributed by atoms with van der Waals surface area (Å²) in [6, 6.07) is 14.5. The monoisotopic (exact) mass is 455 g/mol. The molecule has 31 heavy (non-hydrogen) atoms. The Morgan fingerprint density at radius 3 is 2.61 bits per heavy atom. The van der Waals surface area contributed by atoms with Gasteiger partial charge in [0.1, 0.15) is 11.5 Å². The highest BCUT2D eigenvalue weighted by molar-refractivity contribution is 6.43. The first-order valence-electron chi connectivity index (χ1n) is 8.82. The fourth-order valence-electron chi connectivity index (χ4n) is 2.92. The lowest BCUT2D eigenvalue weighted by molar-refractivity contribution is -0.384. The molecule has 4 rings (SSSR count). The lowest BCUT2D eigenvalue weighted by Crippen LogP contribution is -2.08. The maximum atomic E-state index is 12.6. The number of carbonyl (C=O) groups is 2. The number of carbonyl (C=O) groups excluding carboxylic acids is 2. The second-order valence-corrected chi connectivity index (χ2v) is 7.22. The minimum atomic E-state index is -0.783. The third kappa shape index (κ3) is 4.14. The van der Waals surface area contributed by atoms with E-state index >= 15 is 0 Å². The van der Waals surface area contributed by atoms with E-state index in [9.17, 15) is 19.7 Å². The number of non-ortho nitro benzene ring substituents is 1. The Bertz CT molecular complexity index is 1280. The predicted octanol–water partition coefficient (Wildman–Crippen LogP) is 5.74. The second-order valence-electron chi connectivity index (χ2n) is 6.44. The van der Waals surface area contributed by atoms with Crippen molar-refractivity contribution in [3.8, 4) is 11.5 Å². The number of Topliss-reactive ketones (excluding diaryl/α,β-unsaturated/α-hetero) is 1. The van der Waals surface area contributed by atoms with E-state index < -0.39 is 10.9 Å². The largest absolute Gasteiger partial charge is 0.452 e. The number of nitro benzene ring substituents is 1. The van der Waals surface area contributed by atoms with Crippen molar-refractivity contribution in [2.24, 2.45) is 0 Å². The number of halogens is 2. The van der Waals surface area contributed by atoms with E-state index in [1.54, 1.807) is 18.2 Å². The molecule has 0 radical (unpaired) electrons. The minimum Gasteiger partial charge on any atom is -0.452 e. The van der Waals surface area contributed by atoms with E-state index in [1.165, 1.54) is 42.5 Å². The second kappa shape index (κ2) is 8.22. The number of benzene rings is 3. The SMILES string of the molecule is O=C(Oc1ccc2c(c1)O/C(=C\c1cccc(Cl)c1Cl)C2=O)c1cccc([N+](=O)[O-])c1. The zero-order valence-electron chi connectivity index (χ0n) is 15.5. The molecule has 0 unspecified atom stereocenters. The molecule has 0 bridgehead atoms. The molecule has 0 spiro atoms. The summed E-state index contributed by atoms with van der Waals surface area (Å²) in [5, 5.41) is 11.5. The average Bonchev–Trinajstić information content (AvgIpc) is 3.06. The fraction of sp³-hybridized carbons (Fsp3) is 0. The molecule has 1 aliphatic rings. The van der Waals surface area contributed by atoms with Crippen molar-refractivity contribution in [3.05, 3.63) is 103 Å². The van der Waals surface area contributed by atoms with Gasteiger partial charge in [0.25, 0.3) is 5.69 Å². The number of hydrogen-bond acceptors (Lipinski definition) is 6. The molecule has 0 aliphatic carbocycles. The molecule has 154 valence electrons. The van der Waals surface area contributed by atoms with Crippen molar-refractivity contribution in [1.82, 2.24) is 0 Å². The molecule has 0 saturated carbocycles. The molecule has 0 atom stereocenters. The molecular weight excluding hydrogens is 445 g/mol. The van der Waals surface area contributed by atoms with Gasteiger partial charge in [0.05, 0.1) is 26.1 Å². The molecule has 0 amide bonds. The van der Waals surface area contributed by atoms with E-state index in [0.717, 1.165) is 6.07 Å². The number of ether oxygens (including phenoxy) is 2. The zero-order chi connectivity index (χ0) is 22.1. The molecule has 9 heteroatoms. The molecule has 3 aromatic carbocycles. The van der Waals surface area contributed by atoms with E-state index in [0.29, 0.717) is 16.1 Å². The first kappa shape index (κ1) is 20.6. The summed E-state index contributed by atoms with van der Waals surface area (Å²) >= 11 is 12.2. The standard InChI is InChI=1S/C22H11Cl2NO6/c23-17-6-2-3-12(20(17)24)10-19-21(26)16-8-7-15(11-18(16)31-19)30-22(27)13-4-1-5-14(9-13)25(28)29/h1-11H/b19-10-. The zero-order valence-corrected chi connectivity index (χ0v) is 17.0. The van der Waals surface area contributed by atoms with Crippen LogP contribution in [0.1, 0.15) is 26.3 Å². The van der Waals surface area contributed by atoms with E-state index in [1.807, 2.05) is 0 Å².